The van der Waals surface area contributed by atoms with Crippen molar-refractivity contribution in [3.8, 4) is 0 Å². The lowest BCUT2D eigenvalue weighted by atomic mass is 9.94. The topological polar surface area (TPSA) is 59.2 Å². The van der Waals surface area contributed by atoms with Gasteiger partial charge in [-0.05, 0) is 43.7 Å². The monoisotopic (exact) mass is 347 g/mol. The summed E-state index contributed by atoms with van der Waals surface area (Å²) in [7, 11) is 0. The number of amides is 1. The van der Waals surface area contributed by atoms with Gasteiger partial charge in [0.2, 0.25) is 5.89 Å². The maximum atomic E-state index is 13.9. The lowest BCUT2D eigenvalue weighted by molar-refractivity contribution is 0.0663. The molecule has 0 radical (unpaired) electrons. The van der Waals surface area contributed by atoms with Crippen molar-refractivity contribution in [2.75, 3.05) is 13.1 Å². The van der Waals surface area contributed by atoms with E-state index in [0.717, 1.165) is 43.6 Å². The zero-order valence-electron chi connectivity index (χ0n) is 13.8. The Morgan fingerprint density at radius 3 is 2.88 bits per heavy atom. The molecule has 7 heteroatoms. The molecule has 2 aliphatic rings. The predicted molar refractivity (Wildman–Crippen MR) is 85.0 cm³/mol. The summed E-state index contributed by atoms with van der Waals surface area (Å²) in [6.45, 7) is 1.08. The molecule has 0 N–H and O–H groups in total. The van der Waals surface area contributed by atoms with Gasteiger partial charge in [0.1, 0.15) is 11.6 Å². The first-order chi connectivity index (χ1) is 12.1. The van der Waals surface area contributed by atoms with Crippen LogP contribution in [0.5, 0.6) is 0 Å². The number of carbonyl (C=O) groups excluding carboxylic acids is 1. The number of carbonyl (C=O) groups is 1. The number of benzene rings is 1. The molecule has 0 spiro atoms. The van der Waals surface area contributed by atoms with E-state index in [1.54, 1.807) is 4.90 Å². The number of hydrogen-bond acceptors (Lipinski definition) is 4. The molecule has 4 rings (SSSR count). The SMILES string of the molecule is O=C(c1ccc(F)cc1F)N1CCC[C@H](Cc2nc(C3CC3)no2)C1. The lowest BCUT2D eigenvalue weighted by Gasteiger charge is -2.32. The molecule has 1 saturated heterocycles. The van der Waals surface area contributed by atoms with Gasteiger partial charge in [0.15, 0.2) is 5.82 Å². The molecule has 25 heavy (non-hydrogen) atoms. The Labute approximate surface area is 144 Å². The summed E-state index contributed by atoms with van der Waals surface area (Å²) in [6, 6.07) is 3.05. The largest absolute Gasteiger partial charge is 0.339 e. The molecule has 1 aromatic carbocycles. The first-order valence-electron chi connectivity index (χ1n) is 8.67. The normalized spacial score (nSPS) is 20.7. The maximum Gasteiger partial charge on any atom is 0.256 e. The van der Waals surface area contributed by atoms with Crippen molar-refractivity contribution in [2.24, 2.45) is 5.92 Å². The van der Waals surface area contributed by atoms with Gasteiger partial charge in [0, 0.05) is 31.5 Å². The summed E-state index contributed by atoms with van der Waals surface area (Å²) in [5, 5.41) is 4.01. The fraction of sp³-hybridized carbons (Fsp3) is 0.500. The van der Waals surface area contributed by atoms with Crippen molar-refractivity contribution in [3.63, 3.8) is 0 Å². The van der Waals surface area contributed by atoms with Crippen LogP contribution in [0.1, 0.15) is 53.7 Å². The molecule has 1 amide bonds. The number of piperidine rings is 1. The molecule has 2 heterocycles. The van der Waals surface area contributed by atoms with Crippen LogP contribution in [0.25, 0.3) is 0 Å². The molecule has 0 unspecified atom stereocenters. The van der Waals surface area contributed by atoms with Crippen LogP contribution in [0.3, 0.4) is 0 Å². The summed E-state index contributed by atoms with van der Waals surface area (Å²) in [4.78, 5) is 18.6. The number of nitrogens with zero attached hydrogens (tertiary/aromatic N) is 3. The quantitative estimate of drug-likeness (QED) is 0.851. The highest BCUT2D eigenvalue weighted by atomic mass is 19.1. The van der Waals surface area contributed by atoms with Crippen LogP contribution in [0.4, 0.5) is 8.78 Å². The average Bonchev–Trinajstić information content (AvgIpc) is 3.35. The predicted octanol–water partition coefficient (Wildman–Crippen LogP) is 3.32. The Bertz CT molecular complexity index is 788. The highest BCUT2D eigenvalue weighted by molar-refractivity contribution is 5.94. The Morgan fingerprint density at radius 1 is 1.28 bits per heavy atom. The van der Waals surface area contributed by atoms with Gasteiger partial charge in [-0.3, -0.25) is 4.79 Å². The van der Waals surface area contributed by atoms with E-state index in [9.17, 15) is 13.6 Å². The third kappa shape index (κ3) is 3.55. The van der Waals surface area contributed by atoms with Crippen molar-refractivity contribution in [1.29, 1.82) is 0 Å². The van der Waals surface area contributed by atoms with E-state index >= 15 is 0 Å². The van der Waals surface area contributed by atoms with Gasteiger partial charge >= 0.3 is 0 Å². The molecular formula is C18H19F2N3O2. The van der Waals surface area contributed by atoms with Gasteiger partial charge in [-0.15, -0.1) is 0 Å². The van der Waals surface area contributed by atoms with Crippen LogP contribution in [0, 0.1) is 17.6 Å². The van der Waals surface area contributed by atoms with E-state index in [0.29, 0.717) is 31.3 Å². The van der Waals surface area contributed by atoms with Crippen molar-refractivity contribution in [1.82, 2.24) is 15.0 Å². The van der Waals surface area contributed by atoms with Gasteiger partial charge in [0.25, 0.3) is 5.91 Å². The summed E-state index contributed by atoms with van der Waals surface area (Å²) in [5.74, 6) is 0.135. The van der Waals surface area contributed by atoms with Crippen LogP contribution in [-0.4, -0.2) is 34.0 Å². The Hall–Kier alpha value is -2.31. The van der Waals surface area contributed by atoms with E-state index in [4.69, 9.17) is 4.52 Å². The third-order valence-electron chi connectivity index (χ3n) is 4.86. The number of rotatable bonds is 4. The fourth-order valence-corrected chi connectivity index (χ4v) is 3.35. The van der Waals surface area contributed by atoms with Crippen molar-refractivity contribution in [2.45, 2.75) is 38.0 Å². The molecule has 2 aromatic rings. The first kappa shape index (κ1) is 16.2. The van der Waals surface area contributed by atoms with Crippen molar-refractivity contribution >= 4 is 5.91 Å². The van der Waals surface area contributed by atoms with Crippen LogP contribution in [-0.2, 0) is 6.42 Å². The number of aromatic nitrogens is 2. The molecule has 1 atom stereocenters. The second-order valence-corrected chi connectivity index (χ2v) is 6.91. The van der Waals surface area contributed by atoms with E-state index in [2.05, 4.69) is 10.1 Å². The Kier molecular flexibility index (Phi) is 4.23. The Balaban J connectivity index is 1.42. The van der Waals surface area contributed by atoms with Gasteiger partial charge < -0.3 is 9.42 Å². The molecular weight excluding hydrogens is 328 g/mol. The van der Waals surface area contributed by atoms with Gasteiger partial charge in [-0.25, -0.2) is 8.78 Å². The van der Waals surface area contributed by atoms with Crippen LogP contribution < -0.4 is 0 Å². The van der Waals surface area contributed by atoms with E-state index < -0.39 is 17.5 Å². The summed E-state index contributed by atoms with van der Waals surface area (Å²) >= 11 is 0. The zero-order valence-corrected chi connectivity index (χ0v) is 13.8. The maximum absolute atomic E-state index is 13.9. The first-order valence-corrected chi connectivity index (χ1v) is 8.67. The number of hydrogen-bond donors (Lipinski definition) is 0. The standard InChI is InChI=1S/C18H19F2N3O2/c19-13-5-6-14(15(20)9-13)18(24)23-7-1-2-11(10-23)8-16-21-17(22-25-16)12-3-4-12/h5-6,9,11-12H,1-4,7-8,10H2/t11-/m1/s1. The van der Waals surface area contributed by atoms with Crippen LogP contribution in [0.2, 0.25) is 0 Å². The molecule has 0 bridgehead atoms. The van der Waals surface area contributed by atoms with Crippen LogP contribution >= 0.6 is 0 Å². The molecule has 1 aliphatic carbocycles. The van der Waals surface area contributed by atoms with Crippen molar-refractivity contribution in [3.05, 3.63) is 47.1 Å². The highest BCUT2D eigenvalue weighted by Gasteiger charge is 2.30. The molecule has 132 valence electrons. The van der Waals surface area contributed by atoms with Crippen molar-refractivity contribution < 1.29 is 18.1 Å². The average molecular weight is 347 g/mol. The second kappa shape index (κ2) is 6.54. The number of likely N-dealkylation sites (tertiary alicyclic amines) is 1. The third-order valence-corrected chi connectivity index (χ3v) is 4.86. The minimum absolute atomic E-state index is 0.0872. The minimum Gasteiger partial charge on any atom is -0.339 e. The minimum atomic E-state index is -0.821. The zero-order chi connectivity index (χ0) is 17.4. The van der Waals surface area contributed by atoms with Crippen LogP contribution in [0.15, 0.2) is 22.7 Å². The molecule has 1 saturated carbocycles. The molecule has 1 aliphatic heterocycles. The Morgan fingerprint density at radius 2 is 2.12 bits per heavy atom. The summed E-state index contributed by atoms with van der Waals surface area (Å²) in [6.07, 6.45) is 4.65. The summed E-state index contributed by atoms with van der Waals surface area (Å²) < 4.78 is 32.2. The molecule has 5 nitrogen and oxygen atoms in total. The van der Waals surface area contributed by atoms with E-state index in [1.165, 1.54) is 6.07 Å². The number of halogens is 2. The smallest absolute Gasteiger partial charge is 0.256 e. The lowest BCUT2D eigenvalue weighted by Crippen LogP contribution is -2.40. The van der Waals surface area contributed by atoms with E-state index in [-0.39, 0.29) is 11.5 Å². The van der Waals surface area contributed by atoms with Gasteiger partial charge in [0.05, 0.1) is 5.56 Å². The molecule has 2 fully saturated rings. The summed E-state index contributed by atoms with van der Waals surface area (Å²) in [5.41, 5.74) is -0.0872. The van der Waals surface area contributed by atoms with Gasteiger partial charge in [-0.2, -0.15) is 4.98 Å². The highest BCUT2D eigenvalue weighted by Crippen LogP contribution is 2.38. The fourth-order valence-electron chi connectivity index (χ4n) is 3.35. The van der Waals surface area contributed by atoms with Gasteiger partial charge in [-0.1, -0.05) is 5.16 Å². The molecule has 1 aromatic heterocycles. The second-order valence-electron chi connectivity index (χ2n) is 6.91. The van der Waals surface area contributed by atoms with E-state index in [1.807, 2.05) is 0 Å².